The Balaban J connectivity index is 2.25. The summed E-state index contributed by atoms with van der Waals surface area (Å²) in [6.07, 6.45) is -1.17. The molecule has 0 aliphatic carbocycles. The van der Waals surface area contributed by atoms with Crippen LogP contribution < -0.4 is 15.4 Å². The first-order valence-electron chi connectivity index (χ1n) is 7.34. The van der Waals surface area contributed by atoms with Crippen LogP contribution in [0, 0.1) is 0 Å². The third kappa shape index (κ3) is 8.30. The van der Waals surface area contributed by atoms with E-state index in [-0.39, 0.29) is 19.0 Å². The van der Waals surface area contributed by atoms with Gasteiger partial charge in [0.25, 0.3) is 5.91 Å². The highest BCUT2D eigenvalue weighted by Gasteiger charge is 2.16. The lowest BCUT2D eigenvalue weighted by atomic mass is 10.2. The van der Waals surface area contributed by atoms with E-state index in [0.717, 1.165) is 0 Å². The van der Waals surface area contributed by atoms with Gasteiger partial charge >= 0.3 is 6.09 Å². The molecule has 0 spiro atoms. The molecule has 0 aliphatic heterocycles. The number of hydrogen-bond donors (Lipinski definition) is 2. The van der Waals surface area contributed by atoms with Crippen LogP contribution in [0.3, 0.4) is 0 Å². The van der Waals surface area contributed by atoms with E-state index in [1.165, 1.54) is 0 Å². The van der Waals surface area contributed by atoms with Crippen molar-refractivity contribution >= 4 is 23.6 Å². The molecule has 1 atom stereocenters. The van der Waals surface area contributed by atoms with Gasteiger partial charge in [-0.1, -0.05) is 11.6 Å². The Morgan fingerprint density at radius 1 is 1.13 bits per heavy atom. The van der Waals surface area contributed by atoms with E-state index in [1.54, 1.807) is 52.0 Å². The molecule has 0 bridgehead atoms. The molecule has 0 aromatic heterocycles. The van der Waals surface area contributed by atoms with Gasteiger partial charge in [0.2, 0.25) is 0 Å². The zero-order valence-corrected chi connectivity index (χ0v) is 14.6. The highest BCUT2D eigenvalue weighted by Crippen LogP contribution is 2.16. The van der Waals surface area contributed by atoms with Crippen LogP contribution in [0.15, 0.2) is 24.3 Å². The Morgan fingerprint density at radius 2 is 1.70 bits per heavy atom. The average Bonchev–Trinajstić information content (AvgIpc) is 2.44. The van der Waals surface area contributed by atoms with E-state index < -0.39 is 17.8 Å². The highest BCUT2D eigenvalue weighted by molar-refractivity contribution is 6.30. The quantitative estimate of drug-likeness (QED) is 0.779. The molecule has 23 heavy (non-hydrogen) atoms. The summed E-state index contributed by atoms with van der Waals surface area (Å²) in [4.78, 5) is 23.3. The molecular formula is C16H23ClN2O4. The summed E-state index contributed by atoms with van der Waals surface area (Å²) in [5, 5.41) is 5.83. The SMILES string of the molecule is CC(Oc1ccc(Cl)cc1)C(=O)NCCNC(=O)OC(C)(C)C. The topological polar surface area (TPSA) is 76.7 Å². The minimum absolute atomic E-state index is 0.272. The molecule has 128 valence electrons. The average molecular weight is 343 g/mol. The number of amides is 2. The Morgan fingerprint density at radius 3 is 2.26 bits per heavy atom. The molecule has 0 fully saturated rings. The van der Waals surface area contributed by atoms with E-state index >= 15 is 0 Å². The first-order valence-corrected chi connectivity index (χ1v) is 7.72. The standard InChI is InChI=1S/C16H23ClN2O4/c1-11(22-13-7-5-12(17)6-8-13)14(20)18-9-10-19-15(21)23-16(2,3)4/h5-8,11H,9-10H2,1-4H3,(H,18,20)(H,19,21). The molecule has 7 heteroatoms. The van der Waals surface area contributed by atoms with Gasteiger partial charge in [-0.05, 0) is 52.0 Å². The van der Waals surface area contributed by atoms with Gasteiger partial charge in [0.05, 0.1) is 0 Å². The fourth-order valence-electron chi connectivity index (χ4n) is 1.58. The first-order chi connectivity index (χ1) is 10.7. The third-order valence-corrected chi connectivity index (χ3v) is 2.84. The lowest BCUT2D eigenvalue weighted by Crippen LogP contribution is -2.41. The van der Waals surface area contributed by atoms with Crippen molar-refractivity contribution < 1.29 is 19.1 Å². The highest BCUT2D eigenvalue weighted by atomic mass is 35.5. The predicted molar refractivity (Wildman–Crippen MR) is 88.8 cm³/mol. The molecule has 1 unspecified atom stereocenters. The van der Waals surface area contributed by atoms with Crippen LogP contribution >= 0.6 is 11.6 Å². The van der Waals surface area contributed by atoms with Crippen molar-refractivity contribution in [2.24, 2.45) is 0 Å². The van der Waals surface area contributed by atoms with Crippen molar-refractivity contribution in [3.05, 3.63) is 29.3 Å². The number of halogens is 1. The molecule has 0 saturated carbocycles. The van der Waals surface area contributed by atoms with Gasteiger partial charge in [0, 0.05) is 18.1 Å². The van der Waals surface area contributed by atoms with Gasteiger partial charge in [-0.3, -0.25) is 4.79 Å². The van der Waals surface area contributed by atoms with E-state index in [4.69, 9.17) is 21.1 Å². The second-order valence-corrected chi connectivity index (χ2v) is 6.37. The van der Waals surface area contributed by atoms with Crippen molar-refractivity contribution in [2.45, 2.75) is 39.4 Å². The van der Waals surface area contributed by atoms with E-state index in [0.29, 0.717) is 10.8 Å². The first kappa shape index (κ1) is 19.1. The largest absolute Gasteiger partial charge is 0.481 e. The van der Waals surface area contributed by atoms with Gasteiger partial charge in [-0.15, -0.1) is 0 Å². The monoisotopic (exact) mass is 342 g/mol. The maximum atomic E-state index is 11.9. The van der Waals surface area contributed by atoms with E-state index in [1.807, 2.05) is 0 Å². The summed E-state index contributed by atoms with van der Waals surface area (Å²) in [6, 6.07) is 6.75. The van der Waals surface area contributed by atoms with Gasteiger partial charge in [-0.25, -0.2) is 4.79 Å². The predicted octanol–water partition coefficient (Wildman–Crippen LogP) is 2.75. The number of nitrogens with one attached hydrogen (secondary N) is 2. The Hall–Kier alpha value is -1.95. The van der Waals surface area contributed by atoms with Crippen molar-refractivity contribution in [2.75, 3.05) is 13.1 Å². The number of carbonyl (C=O) groups is 2. The lowest BCUT2D eigenvalue weighted by Gasteiger charge is -2.20. The van der Waals surface area contributed by atoms with Gasteiger partial charge in [0.15, 0.2) is 6.10 Å². The van der Waals surface area contributed by atoms with Crippen LogP contribution in [0.25, 0.3) is 0 Å². The molecule has 0 radical (unpaired) electrons. The summed E-state index contributed by atoms with van der Waals surface area (Å²) in [5.74, 6) is 0.287. The number of carbonyl (C=O) groups excluding carboxylic acids is 2. The normalized spacial score (nSPS) is 12.2. The van der Waals surface area contributed by atoms with Crippen molar-refractivity contribution in [1.82, 2.24) is 10.6 Å². The molecular weight excluding hydrogens is 320 g/mol. The smallest absolute Gasteiger partial charge is 0.407 e. The summed E-state index contributed by atoms with van der Waals surface area (Å²) in [5.41, 5.74) is -0.547. The Kier molecular flexibility index (Phi) is 7.16. The maximum Gasteiger partial charge on any atom is 0.407 e. The molecule has 1 aromatic carbocycles. The van der Waals surface area contributed by atoms with Crippen LogP contribution in [0.4, 0.5) is 4.79 Å². The van der Waals surface area contributed by atoms with Crippen LogP contribution in [-0.4, -0.2) is 36.8 Å². The van der Waals surface area contributed by atoms with Crippen molar-refractivity contribution in [1.29, 1.82) is 0 Å². The van der Waals surface area contributed by atoms with Crippen LogP contribution in [-0.2, 0) is 9.53 Å². The summed E-state index contributed by atoms with van der Waals surface area (Å²) < 4.78 is 10.6. The minimum atomic E-state index is -0.655. The zero-order valence-electron chi connectivity index (χ0n) is 13.8. The second-order valence-electron chi connectivity index (χ2n) is 5.93. The van der Waals surface area contributed by atoms with Crippen LogP contribution in [0.5, 0.6) is 5.75 Å². The van der Waals surface area contributed by atoms with Crippen LogP contribution in [0.1, 0.15) is 27.7 Å². The second kappa shape index (κ2) is 8.62. The Bertz CT molecular complexity index is 526. The fourth-order valence-corrected chi connectivity index (χ4v) is 1.70. The molecule has 0 aliphatic rings. The summed E-state index contributed by atoms with van der Waals surface area (Å²) in [7, 11) is 0. The third-order valence-electron chi connectivity index (χ3n) is 2.59. The van der Waals surface area contributed by atoms with Gasteiger partial charge < -0.3 is 20.1 Å². The number of alkyl carbamates (subject to hydrolysis) is 1. The fraction of sp³-hybridized carbons (Fsp3) is 0.500. The number of hydrogen-bond acceptors (Lipinski definition) is 4. The summed E-state index contributed by atoms with van der Waals surface area (Å²) >= 11 is 5.78. The van der Waals surface area contributed by atoms with Crippen molar-refractivity contribution in [3.8, 4) is 5.75 Å². The van der Waals surface area contributed by atoms with Crippen molar-refractivity contribution in [3.63, 3.8) is 0 Å². The molecule has 1 rings (SSSR count). The van der Waals surface area contributed by atoms with E-state index in [2.05, 4.69) is 10.6 Å². The molecule has 2 N–H and O–H groups in total. The van der Waals surface area contributed by atoms with Gasteiger partial charge in [0.1, 0.15) is 11.4 Å². The van der Waals surface area contributed by atoms with Crippen LogP contribution in [0.2, 0.25) is 5.02 Å². The molecule has 0 saturated heterocycles. The molecule has 2 amide bonds. The molecule has 1 aromatic rings. The Labute approximate surface area is 141 Å². The van der Waals surface area contributed by atoms with E-state index in [9.17, 15) is 9.59 Å². The number of rotatable bonds is 6. The number of ether oxygens (including phenoxy) is 2. The number of benzene rings is 1. The molecule has 6 nitrogen and oxygen atoms in total. The zero-order chi connectivity index (χ0) is 17.5. The summed E-state index contributed by atoms with van der Waals surface area (Å²) in [6.45, 7) is 7.55. The minimum Gasteiger partial charge on any atom is -0.481 e. The maximum absolute atomic E-state index is 11.9. The molecule has 0 heterocycles. The van der Waals surface area contributed by atoms with Gasteiger partial charge in [-0.2, -0.15) is 0 Å². The lowest BCUT2D eigenvalue weighted by molar-refractivity contribution is -0.127.